The number of hydrogen-bond acceptors (Lipinski definition) is 6. The second kappa shape index (κ2) is 5.71. The Morgan fingerprint density at radius 1 is 1.61 bits per heavy atom. The van der Waals surface area contributed by atoms with Crippen molar-refractivity contribution < 1.29 is 17.9 Å². The number of carbonyl (C=O) groups excluding carboxylic acids is 1. The molecule has 0 radical (unpaired) electrons. The van der Waals surface area contributed by atoms with Gasteiger partial charge in [-0.3, -0.25) is 14.2 Å². The van der Waals surface area contributed by atoms with Crippen molar-refractivity contribution in [3.05, 3.63) is 6.20 Å². The predicted octanol–water partition coefficient (Wildman–Crippen LogP) is -0.303. The summed E-state index contributed by atoms with van der Waals surface area (Å²) < 4.78 is 31.6. The Morgan fingerprint density at radius 3 is 2.78 bits per heavy atom. The number of nitrogens with two attached hydrogens (primary N) is 1. The van der Waals surface area contributed by atoms with E-state index in [0.29, 0.717) is 0 Å². The van der Waals surface area contributed by atoms with Crippen molar-refractivity contribution in [3.8, 4) is 0 Å². The molecule has 0 unspecified atom stereocenters. The van der Waals surface area contributed by atoms with E-state index in [1.165, 1.54) is 10.9 Å². The maximum Gasteiger partial charge on any atom is 0.306 e. The predicted molar refractivity (Wildman–Crippen MR) is 66.3 cm³/mol. The highest BCUT2D eigenvalue weighted by atomic mass is 32.2. The molecule has 1 heterocycles. The summed E-state index contributed by atoms with van der Waals surface area (Å²) in [6.45, 7) is 1.88. The molecule has 0 saturated heterocycles. The molecule has 18 heavy (non-hydrogen) atoms. The quantitative estimate of drug-likeness (QED) is 0.689. The van der Waals surface area contributed by atoms with Crippen LogP contribution in [0.1, 0.15) is 13.3 Å². The summed E-state index contributed by atoms with van der Waals surface area (Å²) in [5.74, 6) is -0.740. The van der Waals surface area contributed by atoms with Gasteiger partial charge in [0.25, 0.3) is 0 Å². The number of aryl methyl sites for hydroxylation is 1. The Balaban J connectivity index is 2.63. The number of hydrogen-bond donors (Lipinski definition) is 2. The third-order valence-corrected chi connectivity index (χ3v) is 3.35. The van der Waals surface area contributed by atoms with Gasteiger partial charge in [-0.2, -0.15) is 5.10 Å². The molecule has 3 N–H and O–H groups in total. The van der Waals surface area contributed by atoms with Crippen LogP contribution in [0.15, 0.2) is 6.20 Å². The van der Waals surface area contributed by atoms with Gasteiger partial charge < -0.3 is 10.5 Å². The maximum absolute atomic E-state index is 11.7. The van der Waals surface area contributed by atoms with Crippen molar-refractivity contribution in [2.24, 2.45) is 7.05 Å². The SMILES string of the molecule is CCOC(=O)CCS(=O)(=O)Nc1c(N)cnn1C. The molecular formula is C9H16N4O4S. The van der Waals surface area contributed by atoms with Gasteiger partial charge in [-0.15, -0.1) is 0 Å². The Kier molecular flexibility index (Phi) is 4.54. The number of nitrogens with one attached hydrogen (secondary N) is 1. The molecule has 0 bridgehead atoms. The monoisotopic (exact) mass is 276 g/mol. The Bertz CT molecular complexity index is 503. The zero-order valence-electron chi connectivity index (χ0n) is 10.2. The van der Waals surface area contributed by atoms with Crippen molar-refractivity contribution in [1.82, 2.24) is 9.78 Å². The van der Waals surface area contributed by atoms with Crippen LogP contribution >= 0.6 is 0 Å². The van der Waals surface area contributed by atoms with Crippen molar-refractivity contribution in [1.29, 1.82) is 0 Å². The van der Waals surface area contributed by atoms with E-state index in [-0.39, 0.29) is 30.3 Å². The summed E-state index contributed by atoms with van der Waals surface area (Å²) in [7, 11) is -2.10. The minimum Gasteiger partial charge on any atom is -0.466 e. The molecule has 0 spiro atoms. The number of aromatic nitrogens is 2. The number of anilines is 2. The van der Waals surface area contributed by atoms with Gasteiger partial charge >= 0.3 is 5.97 Å². The van der Waals surface area contributed by atoms with Crippen molar-refractivity contribution in [2.45, 2.75) is 13.3 Å². The van der Waals surface area contributed by atoms with Gasteiger partial charge in [0, 0.05) is 7.05 Å². The summed E-state index contributed by atoms with van der Waals surface area (Å²) in [4.78, 5) is 11.1. The van der Waals surface area contributed by atoms with Gasteiger partial charge in [-0.05, 0) is 6.92 Å². The zero-order chi connectivity index (χ0) is 13.8. The van der Waals surface area contributed by atoms with Gasteiger partial charge in [0.1, 0.15) is 0 Å². The summed E-state index contributed by atoms with van der Waals surface area (Å²) in [6, 6.07) is 0. The molecule has 0 aliphatic carbocycles. The second-order valence-corrected chi connectivity index (χ2v) is 5.39. The molecule has 9 heteroatoms. The Morgan fingerprint density at radius 2 is 2.28 bits per heavy atom. The van der Waals surface area contributed by atoms with Crippen LogP contribution in [0.2, 0.25) is 0 Å². The number of esters is 1. The van der Waals surface area contributed by atoms with Gasteiger partial charge in [0.15, 0.2) is 5.82 Å². The highest BCUT2D eigenvalue weighted by Gasteiger charge is 2.17. The molecule has 0 saturated carbocycles. The molecule has 1 aromatic heterocycles. The van der Waals surface area contributed by atoms with E-state index < -0.39 is 16.0 Å². The fourth-order valence-electron chi connectivity index (χ4n) is 1.23. The van der Waals surface area contributed by atoms with E-state index in [1.807, 2.05) is 0 Å². The van der Waals surface area contributed by atoms with Crippen molar-refractivity contribution >= 4 is 27.5 Å². The number of nitrogens with zero attached hydrogens (tertiary/aromatic N) is 2. The van der Waals surface area contributed by atoms with E-state index in [2.05, 4.69) is 14.6 Å². The first kappa shape index (κ1) is 14.3. The number of sulfonamides is 1. The maximum atomic E-state index is 11.7. The summed E-state index contributed by atoms with van der Waals surface area (Å²) >= 11 is 0. The fourth-order valence-corrected chi connectivity index (χ4v) is 2.31. The highest BCUT2D eigenvalue weighted by Crippen LogP contribution is 2.17. The summed E-state index contributed by atoms with van der Waals surface area (Å²) in [5.41, 5.74) is 5.77. The molecule has 0 atom stereocenters. The molecule has 1 rings (SSSR count). The zero-order valence-corrected chi connectivity index (χ0v) is 11.0. The smallest absolute Gasteiger partial charge is 0.306 e. The molecule has 1 aromatic rings. The summed E-state index contributed by atoms with van der Waals surface area (Å²) in [5, 5.41) is 3.80. The van der Waals surface area contributed by atoms with Gasteiger partial charge in [0.2, 0.25) is 10.0 Å². The fraction of sp³-hybridized carbons (Fsp3) is 0.556. The van der Waals surface area contributed by atoms with Crippen LogP contribution in [-0.4, -0.2) is 36.5 Å². The number of carbonyl (C=O) groups is 1. The van der Waals surface area contributed by atoms with E-state index >= 15 is 0 Å². The molecule has 0 aliphatic rings. The van der Waals surface area contributed by atoms with Gasteiger partial charge in [0.05, 0.1) is 30.7 Å². The molecule has 8 nitrogen and oxygen atoms in total. The van der Waals surface area contributed by atoms with E-state index in [0.717, 1.165) is 0 Å². The normalized spacial score (nSPS) is 11.2. The largest absolute Gasteiger partial charge is 0.466 e. The van der Waals surface area contributed by atoms with E-state index in [4.69, 9.17) is 5.73 Å². The summed E-state index contributed by atoms with van der Waals surface area (Å²) in [6.07, 6.45) is 1.13. The molecule has 0 aromatic carbocycles. The average molecular weight is 276 g/mol. The molecular weight excluding hydrogens is 260 g/mol. The number of rotatable bonds is 6. The van der Waals surface area contributed by atoms with Crippen molar-refractivity contribution in [2.75, 3.05) is 22.8 Å². The van der Waals surface area contributed by atoms with E-state index in [1.54, 1.807) is 14.0 Å². The van der Waals surface area contributed by atoms with Gasteiger partial charge in [-0.1, -0.05) is 0 Å². The molecule has 0 aliphatic heterocycles. The van der Waals surface area contributed by atoms with Gasteiger partial charge in [-0.25, -0.2) is 8.42 Å². The first-order valence-electron chi connectivity index (χ1n) is 5.29. The third-order valence-electron chi connectivity index (χ3n) is 2.10. The Hall–Kier alpha value is -1.77. The topological polar surface area (TPSA) is 116 Å². The minimum atomic E-state index is -3.65. The lowest BCUT2D eigenvalue weighted by atomic mass is 10.5. The van der Waals surface area contributed by atoms with Crippen LogP contribution in [0, 0.1) is 0 Å². The van der Waals surface area contributed by atoms with Crippen LogP contribution in [0.25, 0.3) is 0 Å². The van der Waals surface area contributed by atoms with Crippen molar-refractivity contribution in [3.63, 3.8) is 0 Å². The van der Waals surface area contributed by atoms with Crippen LogP contribution in [-0.2, 0) is 26.6 Å². The van der Waals surface area contributed by atoms with E-state index in [9.17, 15) is 13.2 Å². The lowest BCUT2D eigenvalue weighted by Crippen LogP contribution is -2.21. The highest BCUT2D eigenvalue weighted by molar-refractivity contribution is 7.92. The first-order chi connectivity index (χ1) is 8.35. The lowest BCUT2D eigenvalue weighted by molar-refractivity contribution is -0.142. The molecule has 0 fully saturated rings. The minimum absolute atomic E-state index is 0.179. The number of ether oxygens (including phenoxy) is 1. The average Bonchev–Trinajstić information content (AvgIpc) is 2.58. The van der Waals surface area contributed by atoms with Crippen LogP contribution in [0.4, 0.5) is 11.5 Å². The van der Waals surface area contributed by atoms with Crippen LogP contribution in [0.5, 0.6) is 0 Å². The van der Waals surface area contributed by atoms with Crippen LogP contribution in [0.3, 0.4) is 0 Å². The van der Waals surface area contributed by atoms with Crippen LogP contribution < -0.4 is 10.5 Å². The first-order valence-corrected chi connectivity index (χ1v) is 6.94. The Labute approximate surface area is 105 Å². The third kappa shape index (κ3) is 3.91. The second-order valence-electron chi connectivity index (χ2n) is 3.55. The molecule has 0 amide bonds. The number of nitrogen functional groups attached to an aromatic ring is 1. The molecule has 102 valence electrons. The lowest BCUT2D eigenvalue weighted by Gasteiger charge is -2.08. The standard InChI is InChI=1S/C9H16N4O4S/c1-3-17-8(14)4-5-18(15,16)12-9-7(10)6-11-13(9)2/h6,12H,3-5,10H2,1-2H3.